The van der Waals surface area contributed by atoms with Crippen molar-refractivity contribution in [3.05, 3.63) is 59.7 Å². The molecule has 1 aliphatic rings. The number of hydrogen-bond donors (Lipinski definition) is 1. The number of piperidine rings is 1. The Balaban J connectivity index is 1.75. The van der Waals surface area contributed by atoms with E-state index in [4.69, 9.17) is 0 Å². The van der Waals surface area contributed by atoms with Crippen LogP contribution in [-0.2, 0) is 21.4 Å². The molecule has 3 rings (SSSR count). The number of carbonyl (C=O) groups excluding carboxylic acids is 2. The summed E-state index contributed by atoms with van der Waals surface area (Å²) < 4.78 is 27.3. The van der Waals surface area contributed by atoms with Crippen molar-refractivity contribution in [2.24, 2.45) is 0 Å². The van der Waals surface area contributed by atoms with Gasteiger partial charge in [0.25, 0.3) is 5.91 Å². The number of carbonyl (C=O) groups is 2. The summed E-state index contributed by atoms with van der Waals surface area (Å²) in [5.74, 6) is -0.393. The molecule has 0 spiro atoms. The molecule has 0 unspecified atom stereocenters. The molecule has 1 saturated heterocycles. The van der Waals surface area contributed by atoms with E-state index < -0.39 is 10.0 Å². The third-order valence-corrected chi connectivity index (χ3v) is 7.33. The summed E-state index contributed by atoms with van der Waals surface area (Å²) in [7, 11) is -3.61. The number of sulfonamides is 1. The minimum absolute atomic E-state index is 0.0105. The lowest BCUT2D eigenvalue weighted by Crippen LogP contribution is -2.35. The topological polar surface area (TPSA) is 86.8 Å². The van der Waals surface area contributed by atoms with Gasteiger partial charge in [0.15, 0.2) is 0 Å². The molecule has 0 radical (unpaired) electrons. The van der Waals surface area contributed by atoms with E-state index >= 15 is 0 Å². The number of amides is 2. The van der Waals surface area contributed by atoms with E-state index in [0.29, 0.717) is 31.9 Å². The van der Waals surface area contributed by atoms with E-state index in [9.17, 15) is 18.0 Å². The molecule has 2 amide bonds. The molecule has 31 heavy (non-hydrogen) atoms. The smallest absolute Gasteiger partial charge is 0.255 e. The fraction of sp³-hybridized carbons (Fsp3) is 0.391. The van der Waals surface area contributed by atoms with Crippen molar-refractivity contribution in [3.63, 3.8) is 0 Å². The third-order valence-electron chi connectivity index (χ3n) is 5.43. The first-order chi connectivity index (χ1) is 14.8. The van der Waals surface area contributed by atoms with Crippen molar-refractivity contribution in [2.45, 2.75) is 44.6 Å². The van der Waals surface area contributed by atoms with Crippen LogP contribution in [0.3, 0.4) is 0 Å². The largest absolute Gasteiger partial charge is 0.339 e. The van der Waals surface area contributed by atoms with Crippen molar-refractivity contribution in [3.8, 4) is 0 Å². The van der Waals surface area contributed by atoms with Gasteiger partial charge >= 0.3 is 0 Å². The first kappa shape index (κ1) is 23.0. The molecule has 1 N–H and O–H groups in total. The monoisotopic (exact) mass is 443 g/mol. The van der Waals surface area contributed by atoms with Crippen molar-refractivity contribution in [1.29, 1.82) is 0 Å². The van der Waals surface area contributed by atoms with Gasteiger partial charge in [-0.3, -0.25) is 9.59 Å². The molecule has 8 heteroatoms. The molecular weight excluding hydrogens is 414 g/mol. The SMILES string of the molecule is CCN(Cc1cccc(NC(=O)c2cccc(S(=O)(=O)N3CCCCC3)c2)c1)C(C)=O. The van der Waals surface area contributed by atoms with Crippen molar-refractivity contribution >= 4 is 27.5 Å². The van der Waals surface area contributed by atoms with Gasteiger partial charge in [0.1, 0.15) is 0 Å². The van der Waals surface area contributed by atoms with Crippen LogP contribution in [0.15, 0.2) is 53.4 Å². The third kappa shape index (κ3) is 5.71. The maximum Gasteiger partial charge on any atom is 0.255 e. The van der Waals surface area contributed by atoms with Gasteiger partial charge in [-0.15, -0.1) is 0 Å². The highest BCUT2D eigenvalue weighted by molar-refractivity contribution is 7.89. The second-order valence-electron chi connectivity index (χ2n) is 7.68. The summed E-state index contributed by atoms with van der Waals surface area (Å²) in [5, 5.41) is 2.83. The molecular formula is C23H29N3O4S. The first-order valence-corrected chi connectivity index (χ1v) is 12.0. The minimum atomic E-state index is -3.61. The van der Waals surface area contributed by atoms with Gasteiger partial charge < -0.3 is 10.2 Å². The zero-order valence-electron chi connectivity index (χ0n) is 18.0. The molecule has 0 saturated carbocycles. The normalized spacial score (nSPS) is 14.8. The molecule has 2 aromatic carbocycles. The van der Waals surface area contributed by atoms with E-state index in [1.807, 2.05) is 25.1 Å². The average Bonchev–Trinajstić information content (AvgIpc) is 2.78. The summed E-state index contributed by atoms with van der Waals surface area (Å²) in [6, 6.07) is 13.4. The zero-order chi connectivity index (χ0) is 22.4. The molecule has 0 bridgehead atoms. The van der Waals surface area contributed by atoms with Crippen LogP contribution in [0.2, 0.25) is 0 Å². The molecule has 0 atom stereocenters. The van der Waals surface area contributed by atoms with Gasteiger partial charge in [-0.05, 0) is 55.7 Å². The van der Waals surface area contributed by atoms with Crippen LogP contribution in [0.1, 0.15) is 49.0 Å². The quantitative estimate of drug-likeness (QED) is 0.710. The average molecular weight is 444 g/mol. The number of nitrogens with one attached hydrogen (secondary N) is 1. The minimum Gasteiger partial charge on any atom is -0.339 e. The predicted octanol–water partition coefficient (Wildman–Crippen LogP) is 3.48. The Labute approximate surface area is 184 Å². The fourth-order valence-electron chi connectivity index (χ4n) is 3.67. The van der Waals surface area contributed by atoms with Crippen molar-refractivity contribution in [2.75, 3.05) is 25.0 Å². The van der Waals surface area contributed by atoms with Crippen molar-refractivity contribution < 1.29 is 18.0 Å². The molecule has 1 aliphatic heterocycles. The highest BCUT2D eigenvalue weighted by Crippen LogP contribution is 2.22. The number of rotatable bonds is 7. The van der Waals surface area contributed by atoms with Gasteiger partial charge in [-0.1, -0.05) is 24.6 Å². The highest BCUT2D eigenvalue weighted by Gasteiger charge is 2.26. The lowest BCUT2D eigenvalue weighted by Gasteiger charge is -2.26. The van der Waals surface area contributed by atoms with E-state index in [1.54, 1.807) is 23.1 Å². The second-order valence-corrected chi connectivity index (χ2v) is 9.62. The standard InChI is InChI=1S/C23H29N3O4S/c1-3-25(18(2)27)17-19-9-7-11-21(15-19)24-23(28)20-10-8-12-22(16-20)31(29,30)26-13-5-4-6-14-26/h7-12,15-16H,3-6,13-14,17H2,1-2H3,(H,24,28). The summed E-state index contributed by atoms with van der Waals surface area (Å²) in [5.41, 5.74) is 1.77. The Kier molecular flexibility index (Phi) is 7.46. The summed E-state index contributed by atoms with van der Waals surface area (Å²) in [4.78, 5) is 26.3. The van der Waals surface area contributed by atoms with Gasteiger partial charge in [0, 0.05) is 44.4 Å². The van der Waals surface area contributed by atoms with Crippen LogP contribution >= 0.6 is 0 Å². The second kappa shape index (κ2) is 10.1. The molecule has 2 aromatic rings. The maximum absolute atomic E-state index is 12.9. The van der Waals surface area contributed by atoms with Crippen LogP contribution in [0.4, 0.5) is 5.69 Å². The van der Waals surface area contributed by atoms with Crippen LogP contribution in [0, 0.1) is 0 Å². The number of hydrogen-bond acceptors (Lipinski definition) is 4. The van der Waals surface area contributed by atoms with Gasteiger partial charge in [0.05, 0.1) is 4.90 Å². The lowest BCUT2D eigenvalue weighted by atomic mass is 10.1. The van der Waals surface area contributed by atoms with Crippen LogP contribution < -0.4 is 5.32 Å². The Morgan fingerprint density at radius 2 is 1.74 bits per heavy atom. The van der Waals surface area contributed by atoms with Gasteiger partial charge in [-0.2, -0.15) is 4.31 Å². The summed E-state index contributed by atoms with van der Waals surface area (Å²) in [6.07, 6.45) is 2.75. The summed E-state index contributed by atoms with van der Waals surface area (Å²) in [6.45, 7) is 5.53. The van der Waals surface area contributed by atoms with Crippen LogP contribution in [0.5, 0.6) is 0 Å². The lowest BCUT2D eigenvalue weighted by molar-refractivity contribution is -0.129. The van der Waals surface area contributed by atoms with E-state index in [2.05, 4.69) is 5.32 Å². The van der Waals surface area contributed by atoms with E-state index in [0.717, 1.165) is 24.8 Å². The van der Waals surface area contributed by atoms with E-state index in [-0.39, 0.29) is 22.3 Å². The zero-order valence-corrected chi connectivity index (χ0v) is 18.8. The van der Waals surface area contributed by atoms with Gasteiger partial charge in [0.2, 0.25) is 15.9 Å². The first-order valence-electron chi connectivity index (χ1n) is 10.6. The van der Waals surface area contributed by atoms with Crippen molar-refractivity contribution in [1.82, 2.24) is 9.21 Å². The molecule has 1 heterocycles. The molecule has 1 fully saturated rings. The summed E-state index contributed by atoms with van der Waals surface area (Å²) >= 11 is 0. The Bertz CT molecular complexity index is 1050. The highest BCUT2D eigenvalue weighted by atomic mass is 32.2. The number of anilines is 1. The van der Waals surface area contributed by atoms with E-state index in [1.165, 1.54) is 23.4 Å². The molecule has 7 nitrogen and oxygen atoms in total. The molecule has 0 aromatic heterocycles. The van der Waals surface area contributed by atoms with Gasteiger partial charge in [-0.25, -0.2) is 8.42 Å². The Morgan fingerprint density at radius 1 is 1.03 bits per heavy atom. The fourth-order valence-corrected chi connectivity index (χ4v) is 5.23. The predicted molar refractivity (Wildman–Crippen MR) is 120 cm³/mol. The maximum atomic E-state index is 12.9. The van der Waals surface area contributed by atoms with Crippen LogP contribution in [0.25, 0.3) is 0 Å². The Hall–Kier alpha value is -2.71. The Morgan fingerprint density at radius 3 is 2.42 bits per heavy atom. The molecule has 166 valence electrons. The number of nitrogens with zero attached hydrogens (tertiary/aromatic N) is 2. The molecule has 0 aliphatic carbocycles. The number of benzene rings is 2. The van der Waals surface area contributed by atoms with Crippen LogP contribution in [-0.4, -0.2) is 49.1 Å².